The van der Waals surface area contributed by atoms with Gasteiger partial charge >= 0.3 is 0 Å². The molecule has 0 unspecified atom stereocenters. The number of aromatic nitrogens is 1. The van der Waals surface area contributed by atoms with Crippen molar-refractivity contribution in [3.05, 3.63) is 88.5 Å². The highest BCUT2D eigenvalue weighted by molar-refractivity contribution is 9.10. The lowest BCUT2D eigenvalue weighted by Crippen LogP contribution is -2.49. The number of thioether (sulfide) groups is 1. The van der Waals surface area contributed by atoms with E-state index < -0.39 is 0 Å². The predicted octanol–water partition coefficient (Wildman–Crippen LogP) is 6.20. The number of fused-ring (bicyclic) bond motifs is 1. The van der Waals surface area contributed by atoms with Crippen LogP contribution in [0.5, 0.6) is 5.75 Å². The van der Waals surface area contributed by atoms with E-state index in [1.165, 1.54) is 10.6 Å². The van der Waals surface area contributed by atoms with E-state index in [-0.39, 0.29) is 5.91 Å². The molecular weight excluding hydrogens is 522 g/mol. The Morgan fingerprint density at radius 1 is 0.971 bits per heavy atom. The standard InChI is InChI=1S/C28H28BrN3O2S/c1-30-24-18-23(29)26(34-2)17-22(24)27(25(30)19-35-21-11-7-4-8-12-21)28(33)32-15-13-31(14-16-32)20-9-5-3-6-10-20/h3-12,17-18H,13-16,19H2,1-2H3. The molecule has 1 aromatic heterocycles. The van der Waals surface area contributed by atoms with Crippen molar-refractivity contribution in [1.82, 2.24) is 9.47 Å². The molecule has 1 amide bonds. The quantitative estimate of drug-likeness (QED) is 0.268. The lowest BCUT2D eigenvalue weighted by atomic mass is 10.1. The average molecular weight is 551 g/mol. The molecule has 2 heterocycles. The molecule has 1 aliphatic heterocycles. The fourth-order valence-corrected chi connectivity index (χ4v) is 6.17. The number of piperazine rings is 1. The van der Waals surface area contributed by atoms with E-state index in [4.69, 9.17) is 4.74 Å². The highest BCUT2D eigenvalue weighted by Crippen LogP contribution is 2.37. The Labute approximate surface area is 218 Å². The molecule has 1 saturated heterocycles. The van der Waals surface area contributed by atoms with Crippen LogP contribution in [0.25, 0.3) is 10.9 Å². The third kappa shape index (κ3) is 4.80. The Kier molecular flexibility index (Phi) is 7.07. The van der Waals surface area contributed by atoms with Gasteiger partial charge in [-0.3, -0.25) is 4.79 Å². The Bertz CT molecular complexity index is 1330. The van der Waals surface area contributed by atoms with Gasteiger partial charge in [0.2, 0.25) is 0 Å². The fourth-order valence-electron chi connectivity index (χ4n) is 4.69. The minimum absolute atomic E-state index is 0.0938. The van der Waals surface area contributed by atoms with E-state index >= 15 is 0 Å². The lowest BCUT2D eigenvalue weighted by molar-refractivity contribution is 0.0747. The van der Waals surface area contributed by atoms with E-state index in [9.17, 15) is 4.79 Å². The number of carbonyl (C=O) groups is 1. The van der Waals surface area contributed by atoms with Crippen LogP contribution < -0.4 is 9.64 Å². The maximum atomic E-state index is 14.0. The number of rotatable bonds is 6. The van der Waals surface area contributed by atoms with Gasteiger partial charge in [0.1, 0.15) is 5.75 Å². The fraction of sp³-hybridized carbons (Fsp3) is 0.250. The van der Waals surface area contributed by atoms with Crippen LogP contribution in [0.2, 0.25) is 0 Å². The van der Waals surface area contributed by atoms with Gasteiger partial charge in [0.25, 0.3) is 5.91 Å². The summed E-state index contributed by atoms with van der Waals surface area (Å²) in [6.07, 6.45) is 0. The minimum atomic E-state index is 0.0938. The van der Waals surface area contributed by atoms with Crippen molar-refractivity contribution in [2.24, 2.45) is 7.05 Å². The Morgan fingerprint density at radius 3 is 2.29 bits per heavy atom. The number of anilines is 1. The SMILES string of the molecule is COc1cc2c(C(=O)N3CCN(c4ccccc4)CC3)c(CSc3ccccc3)n(C)c2cc1Br. The monoisotopic (exact) mass is 549 g/mol. The van der Waals surface area contributed by atoms with Crippen molar-refractivity contribution in [3.63, 3.8) is 0 Å². The first-order valence-electron chi connectivity index (χ1n) is 11.7. The molecule has 5 rings (SSSR count). The molecule has 7 heteroatoms. The molecule has 0 bridgehead atoms. The summed E-state index contributed by atoms with van der Waals surface area (Å²) in [5.74, 6) is 1.53. The molecule has 0 spiro atoms. The smallest absolute Gasteiger partial charge is 0.256 e. The molecule has 3 aromatic carbocycles. The normalized spacial score (nSPS) is 13.9. The van der Waals surface area contributed by atoms with Crippen molar-refractivity contribution in [1.29, 1.82) is 0 Å². The van der Waals surface area contributed by atoms with Gasteiger partial charge < -0.3 is 19.1 Å². The van der Waals surface area contributed by atoms with E-state index in [0.717, 1.165) is 45.5 Å². The zero-order valence-corrected chi connectivity index (χ0v) is 22.3. The maximum Gasteiger partial charge on any atom is 0.256 e. The summed E-state index contributed by atoms with van der Waals surface area (Å²) >= 11 is 5.37. The number of carbonyl (C=O) groups excluding carboxylic acids is 1. The number of benzene rings is 3. The molecule has 0 aliphatic carbocycles. The van der Waals surface area contributed by atoms with Crippen LogP contribution in [0.15, 0.2) is 82.2 Å². The number of para-hydroxylation sites is 1. The molecule has 4 aromatic rings. The number of amides is 1. The van der Waals surface area contributed by atoms with Crippen molar-refractivity contribution in [2.75, 3.05) is 38.2 Å². The summed E-state index contributed by atoms with van der Waals surface area (Å²) in [6.45, 7) is 3.04. The molecule has 0 radical (unpaired) electrons. The summed E-state index contributed by atoms with van der Waals surface area (Å²) < 4.78 is 8.62. The Balaban J connectivity index is 1.47. The van der Waals surface area contributed by atoms with Crippen molar-refractivity contribution < 1.29 is 9.53 Å². The first kappa shape index (κ1) is 23.8. The molecule has 1 fully saturated rings. The predicted molar refractivity (Wildman–Crippen MR) is 148 cm³/mol. The second-order valence-corrected chi connectivity index (χ2v) is 10.5. The summed E-state index contributed by atoms with van der Waals surface area (Å²) in [7, 11) is 3.71. The van der Waals surface area contributed by atoms with Gasteiger partial charge in [-0.2, -0.15) is 0 Å². The van der Waals surface area contributed by atoms with Gasteiger partial charge in [-0.25, -0.2) is 0 Å². The van der Waals surface area contributed by atoms with Gasteiger partial charge in [0, 0.05) is 60.6 Å². The first-order valence-corrected chi connectivity index (χ1v) is 13.5. The van der Waals surface area contributed by atoms with Crippen LogP contribution in [0.1, 0.15) is 16.1 Å². The molecule has 180 valence electrons. The molecule has 0 saturated carbocycles. The zero-order chi connectivity index (χ0) is 24.4. The van der Waals surface area contributed by atoms with E-state index in [1.807, 2.05) is 42.3 Å². The molecule has 0 N–H and O–H groups in total. The Hall–Kier alpha value is -2.90. The van der Waals surface area contributed by atoms with Crippen LogP contribution in [-0.2, 0) is 12.8 Å². The van der Waals surface area contributed by atoms with Crippen LogP contribution in [-0.4, -0.2) is 48.7 Å². The third-order valence-corrected chi connectivity index (χ3v) is 8.26. The van der Waals surface area contributed by atoms with E-state index in [1.54, 1.807) is 18.9 Å². The van der Waals surface area contributed by atoms with Crippen molar-refractivity contribution in [2.45, 2.75) is 10.6 Å². The van der Waals surface area contributed by atoms with Crippen molar-refractivity contribution in [3.8, 4) is 5.75 Å². The van der Waals surface area contributed by atoms with Crippen molar-refractivity contribution >= 4 is 50.2 Å². The zero-order valence-electron chi connectivity index (χ0n) is 19.9. The van der Waals surface area contributed by atoms with Crippen LogP contribution >= 0.6 is 27.7 Å². The summed E-state index contributed by atoms with van der Waals surface area (Å²) in [4.78, 5) is 19.6. The number of aryl methyl sites for hydroxylation is 1. The number of nitrogens with zero attached hydrogens (tertiary/aromatic N) is 3. The van der Waals surface area contributed by atoms with Gasteiger partial charge in [0.05, 0.1) is 22.7 Å². The molecule has 1 aliphatic rings. The van der Waals surface area contributed by atoms with Crippen LogP contribution in [0.3, 0.4) is 0 Å². The second kappa shape index (κ2) is 10.4. The minimum Gasteiger partial charge on any atom is -0.496 e. The highest BCUT2D eigenvalue weighted by atomic mass is 79.9. The molecule has 0 atom stereocenters. The third-order valence-electron chi connectivity index (χ3n) is 6.62. The van der Waals surface area contributed by atoms with E-state index in [2.05, 4.69) is 67.9 Å². The molecule has 35 heavy (non-hydrogen) atoms. The summed E-state index contributed by atoms with van der Waals surface area (Å²) in [5.41, 5.74) is 4.04. The number of hydrogen-bond acceptors (Lipinski definition) is 4. The van der Waals surface area contributed by atoms with Crippen LogP contribution in [0.4, 0.5) is 5.69 Å². The topological polar surface area (TPSA) is 37.7 Å². The summed E-state index contributed by atoms with van der Waals surface area (Å²) in [5, 5.41) is 0.937. The Morgan fingerprint density at radius 2 is 1.63 bits per heavy atom. The average Bonchev–Trinajstić information content (AvgIpc) is 3.18. The largest absolute Gasteiger partial charge is 0.496 e. The van der Waals surface area contributed by atoms with E-state index in [0.29, 0.717) is 18.8 Å². The second-order valence-electron chi connectivity index (χ2n) is 8.60. The number of hydrogen-bond donors (Lipinski definition) is 0. The maximum absolute atomic E-state index is 14.0. The number of methoxy groups -OCH3 is 1. The highest BCUT2D eigenvalue weighted by Gasteiger charge is 2.29. The van der Waals surface area contributed by atoms with Gasteiger partial charge in [0.15, 0.2) is 0 Å². The first-order chi connectivity index (χ1) is 17.1. The molecule has 5 nitrogen and oxygen atoms in total. The van der Waals surface area contributed by atoms with Crippen LogP contribution in [0, 0.1) is 0 Å². The lowest BCUT2D eigenvalue weighted by Gasteiger charge is -2.36. The van der Waals surface area contributed by atoms with Gasteiger partial charge in [-0.15, -0.1) is 11.8 Å². The molecular formula is C28H28BrN3O2S. The number of halogens is 1. The van der Waals surface area contributed by atoms with Gasteiger partial charge in [-0.05, 0) is 52.3 Å². The summed E-state index contributed by atoms with van der Waals surface area (Å²) in [6, 6.07) is 24.8. The van der Waals surface area contributed by atoms with Gasteiger partial charge in [-0.1, -0.05) is 36.4 Å². The number of ether oxygens (including phenoxy) is 1.